The van der Waals surface area contributed by atoms with Crippen molar-refractivity contribution < 1.29 is 13.2 Å². The van der Waals surface area contributed by atoms with Crippen LogP contribution in [0.1, 0.15) is 24.0 Å². The predicted molar refractivity (Wildman–Crippen MR) is 109 cm³/mol. The Morgan fingerprint density at radius 1 is 1.32 bits per heavy atom. The predicted octanol–water partition coefficient (Wildman–Crippen LogP) is 2.37. The summed E-state index contributed by atoms with van der Waals surface area (Å²) < 4.78 is 26.7. The van der Waals surface area contributed by atoms with Crippen molar-refractivity contribution in [2.24, 2.45) is 0 Å². The molecular formula is C17H24IN3O3S. The summed E-state index contributed by atoms with van der Waals surface area (Å²) in [5.74, 6) is 0.0269. The number of hydrogen-bond donors (Lipinski definition) is 2. The largest absolute Gasteiger partial charge is 0.375 e. The summed E-state index contributed by atoms with van der Waals surface area (Å²) in [6, 6.07) is 4.02. The van der Waals surface area contributed by atoms with E-state index in [1.54, 1.807) is 4.90 Å². The van der Waals surface area contributed by atoms with E-state index in [1.807, 2.05) is 6.92 Å². The molecule has 1 aliphatic rings. The standard InChI is InChI=1S/C17H24IN3O3S/c1-4-25(23,24)20-14-5-7-21(8-6-14)17(22)11-19-16-10-13(3)12(2)9-15(16)18/h4,9-10,14,19-20H,1,5-8,11H2,2-3H3. The van der Waals surface area contributed by atoms with Crippen LogP contribution in [0.5, 0.6) is 0 Å². The van der Waals surface area contributed by atoms with E-state index in [9.17, 15) is 13.2 Å². The van der Waals surface area contributed by atoms with Gasteiger partial charge in [-0.2, -0.15) is 0 Å². The van der Waals surface area contributed by atoms with Gasteiger partial charge in [0, 0.05) is 33.8 Å². The molecule has 1 amide bonds. The number of rotatable bonds is 6. The number of halogens is 1. The molecule has 1 aliphatic heterocycles. The summed E-state index contributed by atoms with van der Waals surface area (Å²) >= 11 is 2.26. The first-order valence-corrected chi connectivity index (χ1v) is 10.8. The summed E-state index contributed by atoms with van der Waals surface area (Å²) in [5.41, 5.74) is 3.38. The smallest absolute Gasteiger partial charge is 0.241 e. The molecular weight excluding hydrogens is 453 g/mol. The molecule has 25 heavy (non-hydrogen) atoms. The average molecular weight is 477 g/mol. The number of anilines is 1. The lowest BCUT2D eigenvalue weighted by molar-refractivity contribution is -0.130. The number of hydrogen-bond acceptors (Lipinski definition) is 4. The molecule has 0 atom stereocenters. The number of piperidine rings is 1. The zero-order valence-corrected chi connectivity index (χ0v) is 17.5. The molecule has 0 bridgehead atoms. The Kier molecular flexibility index (Phi) is 6.86. The number of carbonyl (C=O) groups is 1. The van der Waals surface area contributed by atoms with Crippen LogP contribution in [0.15, 0.2) is 24.1 Å². The summed E-state index contributed by atoms with van der Waals surface area (Å²) in [6.45, 7) is 8.74. The molecule has 0 unspecified atom stereocenters. The van der Waals surface area contributed by atoms with Crippen molar-refractivity contribution in [2.45, 2.75) is 32.7 Å². The van der Waals surface area contributed by atoms with Gasteiger partial charge in [0.1, 0.15) is 0 Å². The van der Waals surface area contributed by atoms with Gasteiger partial charge in [0.2, 0.25) is 15.9 Å². The van der Waals surface area contributed by atoms with Crippen molar-refractivity contribution in [1.29, 1.82) is 0 Å². The highest BCUT2D eigenvalue weighted by atomic mass is 127. The Bertz CT molecular complexity index is 757. The minimum atomic E-state index is -3.42. The van der Waals surface area contributed by atoms with Crippen LogP contribution < -0.4 is 10.0 Å². The Balaban J connectivity index is 1.85. The molecule has 6 nitrogen and oxygen atoms in total. The van der Waals surface area contributed by atoms with Crippen molar-refractivity contribution in [3.8, 4) is 0 Å². The number of aryl methyl sites for hydroxylation is 2. The second-order valence-corrected chi connectivity index (χ2v) is 9.08. The molecule has 2 N–H and O–H groups in total. The van der Waals surface area contributed by atoms with E-state index < -0.39 is 10.0 Å². The fourth-order valence-electron chi connectivity index (χ4n) is 2.73. The maximum Gasteiger partial charge on any atom is 0.241 e. The van der Waals surface area contributed by atoms with Gasteiger partial charge in [0.15, 0.2) is 0 Å². The lowest BCUT2D eigenvalue weighted by Crippen LogP contribution is -2.47. The Morgan fingerprint density at radius 2 is 1.92 bits per heavy atom. The third-order valence-corrected chi connectivity index (χ3v) is 6.40. The minimum absolute atomic E-state index is 0.0269. The summed E-state index contributed by atoms with van der Waals surface area (Å²) in [6.07, 6.45) is 1.22. The Labute approximate surface area is 163 Å². The van der Waals surface area contributed by atoms with Crippen LogP contribution in [-0.2, 0) is 14.8 Å². The number of benzene rings is 1. The van der Waals surface area contributed by atoms with Gasteiger partial charge in [0.05, 0.1) is 6.54 Å². The van der Waals surface area contributed by atoms with E-state index in [0.29, 0.717) is 25.9 Å². The topological polar surface area (TPSA) is 78.5 Å². The summed E-state index contributed by atoms with van der Waals surface area (Å²) in [7, 11) is -3.42. The molecule has 8 heteroatoms. The maximum absolute atomic E-state index is 12.4. The van der Waals surface area contributed by atoms with Gasteiger partial charge >= 0.3 is 0 Å². The van der Waals surface area contributed by atoms with Crippen molar-refractivity contribution >= 4 is 44.2 Å². The van der Waals surface area contributed by atoms with Gasteiger partial charge in [-0.3, -0.25) is 4.79 Å². The number of nitrogens with zero attached hydrogens (tertiary/aromatic N) is 1. The molecule has 2 rings (SSSR count). The zero-order valence-electron chi connectivity index (χ0n) is 14.5. The molecule has 0 aromatic heterocycles. The van der Waals surface area contributed by atoms with Gasteiger partial charge in [-0.05, 0) is 72.5 Å². The van der Waals surface area contributed by atoms with Gasteiger partial charge < -0.3 is 10.2 Å². The van der Waals surface area contributed by atoms with Crippen LogP contribution in [0.3, 0.4) is 0 Å². The molecule has 0 spiro atoms. The molecule has 1 heterocycles. The molecule has 0 saturated carbocycles. The molecule has 0 aliphatic carbocycles. The first kappa shape index (κ1) is 20.2. The second kappa shape index (κ2) is 8.50. The fourth-order valence-corrected chi connectivity index (χ4v) is 4.34. The van der Waals surface area contributed by atoms with Crippen molar-refractivity contribution in [1.82, 2.24) is 9.62 Å². The quantitative estimate of drug-likeness (QED) is 0.617. The van der Waals surface area contributed by atoms with E-state index in [0.717, 1.165) is 14.7 Å². The van der Waals surface area contributed by atoms with E-state index in [4.69, 9.17) is 0 Å². The highest BCUT2D eigenvalue weighted by Crippen LogP contribution is 2.22. The molecule has 1 fully saturated rings. The summed E-state index contributed by atoms with van der Waals surface area (Å²) in [5, 5.41) is 4.13. The molecule has 138 valence electrons. The third kappa shape index (κ3) is 5.68. The zero-order chi connectivity index (χ0) is 18.6. The lowest BCUT2D eigenvalue weighted by Gasteiger charge is -2.32. The Morgan fingerprint density at radius 3 is 2.52 bits per heavy atom. The monoisotopic (exact) mass is 477 g/mol. The number of carbonyl (C=O) groups excluding carboxylic acids is 1. The van der Waals surface area contributed by atoms with E-state index >= 15 is 0 Å². The second-order valence-electron chi connectivity index (χ2n) is 6.25. The van der Waals surface area contributed by atoms with E-state index in [1.165, 1.54) is 11.1 Å². The normalized spacial score (nSPS) is 15.9. The molecule has 1 aromatic carbocycles. The van der Waals surface area contributed by atoms with Crippen LogP contribution in [-0.4, -0.2) is 44.9 Å². The first-order chi connectivity index (χ1) is 11.7. The van der Waals surface area contributed by atoms with Crippen LogP contribution in [0.4, 0.5) is 5.69 Å². The number of likely N-dealkylation sites (tertiary alicyclic amines) is 1. The minimum Gasteiger partial charge on any atom is -0.375 e. The highest BCUT2D eigenvalue weighted by molar-refractivity contribution is 14.1. The van der Waals surface area contributed by atoms with E-state index in [2.05, 4.69) is 58.3 Å². The maximum atomic E-state index is 12.4. The Hall–Kier alpha value is -1.13. The molecule has 0 radical (unpaired) electrons. The van der Waals surface area contributed by atoms with Gasteiger partial charge in [-0.25, -0.2) is 13.1 Å². The highest BCUT2D eigenvalue weighted by Gasteiger charge is 2.24. The average Bonchev–Trinajstić information content (AvgIpc) is 2.57. The van der Waals surface area contributed by atoms with Crippen molar-refractivity contribution in [2.75, 3.05) is 25.0 Å². The molecule has 1 saturated heterocycles. The van der Waals surface area contributed by atoms with Crippen LogP contribution >= 0.6 is 22.6 Å². The van der Waals surface area contributed by atoms with E-state index in [-0.39, 0.29) is 18.5 Å². The SMILES string of the molecule is C=CS(=O)(=O)NC1CCN(C(=O)CNc2cc(C)c(C)cc2I)CC1. The van der Waals surface area contributed by atoms with Crippen molar-refractivity contribution in [3.05, 3.63) is 38.8 Å². The van der Waals surface area contributed by atoms with Crippen LogP contribution in [0.25, 0.3) is 0 Å². The van der Waals surface area contributed by atoms with Gasteiger partial charge in [0.25, 0.3) is 0 Å². The number of amides is 1. The number of nitrogens with one attached hydrogen (secondary N) is 2. The van der Waals surface area contributed by atoms with Gasteiger partial charge in [-0.1, -0.05) is 6.58 Å². The van der Waals surface area contributed by atoms with Gasteiger partial charge in [-0.15, -0.1) is 0 Å². The first-order valence-electron chi connectivity index (χ1n) is 8.15. The fraction of sp³-hybridized carbons (Fsp3) is 0.471. The van der Waals surface area contributed by atoms with Crippen LogP contribution in [0.2, 0.25) is 0 Å². The van der Waals surface area contributed by atoms with Crippen molar-refractivity contribution in [3.63, 3.8) is 0 Å². The number of sulfonamides is 1. The third-order valence-electron chi connectivity index (χ3n) is 4.41. The van der Waals surface area contributed by atoms with Crippen LogP contribution in [0, 0.1) is 17.4 Å². The lowest BCUT2D eigenvalue weighted by atomic mass is 10.1. The summed E-state index contributed by atoms with van der Waals surface area (Å²) in [4.78, 5) is 14.2. The molecule has 1 aromatic rings.